The lowest BCUT2D eigenvalue weighted by molar-refractivity contribution is -0.142. The van der Waals surface area contributed by atoms with Crippen molar-refractivity contribution in [1.29, 1.82) is 0 Å². The Morgan fingerprint density at radius 3 is 2.27 bits per heavy atom. The molecule has 0 saturated carbocycles. The molecule has 1 heterocycles. The molecule has 2 aromatic rings. The molecule has 9 nitrogen and oxygen atoms in total. The van der Waals surface area contributed by atoms with Crippen LogP contribution in [-0.2, 0) is 25.5 Å². The number of methoxy groups -OCH3 is 2. The van der Waals surface area contributed by atoms with E-state index in [4.69, 9.17) is 4.74 Å². The van der Waals surface area contributed by atoms with Gasteiger partial charge in [-0.15, -0.1) is 0 Å². The minimum atomic E-state index is -0.891. The predicted octanol–water partition coefficient (Wildman–Crippen LogP) is 2.90. The Labute approximate surface area is 192 Å². The maximum absolute atomic E-state index is 12.7. The van der Waals surface area contributed by atoms with Crippen LogP contribution in [0, 0.1) is 0 Å². The molecule has 1 atom stereocenters. The van der Waals surface area contributed by atoms with Gasteiger partial charge in [0.25, 0.3) is 5.91 Å². The minimum Gasteiger partial charge on any atom is -0.467 e. The summed E-state index contributed by atoms with van der Waals surface area (Å²) in [6.45, 7) is 0.701. The summed E-state index contributed by atoms with van der Waals surface area (Å²) in [5.74, 6) is -0.908. The molecule has 0 spiro atoms. The lowest BCUT2D eigenvalue weighted by atomic mass is 10.0. The lowest BCUT2D eigenvalue weighted by Crippen LogP contribution is -2.43. The Hall–Kier alpha value is -3.88. The smallest absolute Gasteiger partial charge is 0.411 e. The third-order valence-corrected chi connectivity index (χ3v) is 5.38. The average Bonchev–Trinajstić information content (AvgIpc) is 2.84. The molecule has 0 aliphatic carbocycles. The second-order valence-corrected chi connectivity index (χ2v) is 7.62. The Bertz CT molecular complexity index is 1000. The molecule has 0 aromatic heterocycles. The van der Waals surface area contributed by atoms with Crippen molar-refractivity contribution in [2.45, 2.75) is 31.7 Å². The van der Waals surface area contributed by atoms with E-state index < -0.39 is 24.0 Å². The van der Waals surface area contributed by atoms with Crippen molar-refractivity contribution < 1.29 is 28.7 Å². The minimum absolute atomic E-state index is 0.113. The van der Waals surface area contributed by atoms with Gasteiger partial charge in [0.15, 0.2) is 0 Å². The van der Waals surface area contributed by atoms with Crippen molar-refractivity contribution in [3.63, 3.8) is 0 Å². The number of hydrogen-bond acceptors (Lipinski definition) is 6. The molecule has 9 heteroatoms. The van der Waals surface area contributed by atoms with Gasteiger partial charge in [0.05, 0.1) is 14.2 Å². The molecular formula is C24H27N3O6. The molecule has 0 radical (unpaired) electrons. The van der Waals surface area contributed by atoms with Gasteiger partial charge in [0.2, 0.25) is 5.91 Å². The molecule has 1 fully saturated rings. The summed E-state index contributed by atoms with van der Waals surface area (Å²) >= 11 is 0. The highest BCUT2D eigenvalue weighted by Crippen LogP contribution is 2.22. The number of carbonyl (C=O) groups is 4. The van der Waals surface area contributed by atoms with E-state index in [1.165, 1.54) is 26.4 Å². The number of hydrogen-bond donors (Lipinski definition) is 2. The maximum atomic E-state index is 12.7. The van der Waals surface area contributed by atoms with E-state index in [1.54, 1.807) is 17.0 Å². The lowest BCUT2D eigenvalue weighted by Gasteiger charge is -2.27. The SMILES string of the molecule is COC(=O)Nc1ccc(C(=O)N[C@@H](Cc2ccc(N3CCCCC3=O)cc2)C(=O)OC)cc1. The number of nitrogens with zero attached hydrogens (tertiary/aromatic N) is 1. The molecule has 1 saturated heterocycles. The maximum Gasteiger partial charge on any atom is 0.411 e. The number of carbonyl (C=O) groups excluding carboxylic acids is 4. The first-order chi connectivity index (χ1) is 15.9. The molecule has 0 unspecified atom stereocenters. The van der Waals surface area contributed by atoms with E-state index in [9.17, 15) is 19.2 Å². The van der Waals surface area contributed by atoms with Gasteiger partial charge in [-0.3, -0.25) is 14.9 Å². The number of anilines is 2. The van der Waals surface area contributed by atoms with Gasteiger partial charge < -0.3 is 19.7 Å². The molecule has 3 amide bonds. The van der Waals surface area contributed by atoms with E-state index >= 15 is 0 Å². The number of rotatable bonds is 7. The number of nitrogens with one attached hydrogen (secondary N) is 2. The molecule has 1 aliphatic rings. The first-order valence-electron chi connectivity index (χ1n) is 10.6. The Balaban J connectivity index is 1.66. The quantitative estimate of drug-likeness (QED) is 0.623. The topological polar surface area (TPSA) is 114 Å². The predicted molar refractivity (Wildman–Crippen MR) is 122 cm³/mol. The standard InChI is InChI=1S/C24H27N3O6/c1-32-23(30)20(26-22(29)17-8-10-18(11-9-17)25-24(31)33-2)15-16-6-12-19(13-7-16)27-14-4-3-5-21(27)28/h6-13,20H,3-5,14-15H2,1-2H3,(H,25,31)(H,26,29)/t20-/m0/s1. The normalized spacial score (nSPS) is 14.2. The molecule has 33 heavy (non-hydrogen) atoms. The van der Waals surface area contributed by atoms with Gasteiger partial charge in [-0.1, -0.05) is 12.1 Å². The van der Waals surface area contributed by atoms with Crippen molar-refractivity contribution in [2.24, 2.45) is 0 Å². The number of ether oxygens (including phenoxy) is 2. The van der Waals surface area contributed by atoms with E-state index in [0.29, 0.717) is 24.2 Å². The van der Waals surface area contributed by atoms with Crippen LogP contribution in [0.25, 0.3) is 0 Å². The third-order valence-electron chi connectivity index (χ3n) is 5.38. The molecule has 2 aromatic carbocycles. The monoisotopic (exact) mass is 453 g/mol. The molecule has 0 bridgehead atoms. The van der Waals surface area contributed by atoms with E-state index in [0.717, 1.165) is 24.1 Å². The van der Waals surface area contributed by atoms with Gasteiger partial charge >= 0.3 is 12.1 Å². The fourth-order valence-corrected chi connectivity index (χ4v) is 3.58. The zero-order valence-electron chi connectivity index (χ0n) is 18.6. The second-order valence-electron chi connectivity index (χ2n) is 7.62. The Kier molecular flexibility index (Phi) is 8.01. The van der Waals surface area contributed by atoms with Gasteiger partial charge in [0.1, 0.15) is 6.04 Å². The van der Waals surface area contributed by atoms with Gasteiger partial charge in [-0.2, -0.15) is 0 Å². The number of benzene rings is 2. The first kappa shape index (κ1) is 23.8. The Morgan fingerprint density at radius 1 is 0.970 bits per heavy atom. The molecule has 2 N–H and O–H groups in total. The fourth-order valence-electron chi connectivity index (χ4n) is 3.58. The van der Waals surface area contributed by atoms with Crippen molar-refractivity contribution in [3.8, 4) is 0 Å². The van der Waals surface area contributed by atoms with Crippen LogP contribution in [0.3, 0.4) is 0 Å². The van der Waals surface area contributed by atoms with Crippen LogP contribution in [0.2, 0.25) is 0 Å². The zero-order chi connectivity index (χ0) is 23.8. The van der Waals surface area contributed by atoms with Crippen molar-refractivity contribution in [3.05, 3.63) is 59.7 Å². The molecule has 1 aliphatic heterocycles. The summed E-state index contributed by atoms with van der Waals surface area (Å²) in [6, 6.07) is 12.7. The zero-order valence-corrected chi connectivity index (χ0v) is 18.6. The van der Waals surface area contributed by atoms with Gasteiger partial charge in [0, 0.05) is 36.3 Å². The fraction of sp³-hybridized carbons (Fsp3) is 0.333. The van der Waals surface area contributed by atoms with Crippen LogP contribution in [0.15, 0.2) is 48.5 Å². The van der Waals surface area contributed by atoms with Crippen LogP contribution < -0.4 is 15.5 Å². The van der Waals surface area contributed by atoms with Gasteiger partial charge in [-0.25, -0.2) is 9.59 Å². The van der Waals surface area contributed by atoms with Crippen molar-refractivity contribution >= 4 is 35.3 Å². The first-order valence-corrected chi connectivity index (χ1v) is 10.6. The van der Waals surface area contributed by atoms with Crippen LogP contribution in [0.5, 0.6) is 0 Å². The summed E-state index contributed by atoms with van der Waals surface area (Å²) < 4.78 is 9.39. The molecular weight excluding hydrogens is 426 g/mol. The van der Waals surface area contributed by atoms with Crippen LogP contribution in [-0.4, -0.2) is 50.7 Å². The van der Waals surface area contributed by atoms with Gasteiger partial charge in [-0.05, 0) is 54.8 Å². The number of piperidine rings is 1. The highest BCUT2D eigenvalue weighted by atomic mass is 16.5. The largest absolute Gasteiger partial charge is 0.467 e. The summed E-state index contributed by atoms with van der Waals surface area (Å²) in [4.78, 5) is 50.1. The summed E-state index contributed by atoms with van der Waals surface area (Å²) in [5.41, 5.74) is 2.42. The number of esters is 1. The Morgan fingerprint density at radius 2 is 1.67 bits per heavy atom. The van der Waals surface area contributed by atoms with E-state index in [1.807, 2.05) is 24.3 Å². The van der Waals surface area contributed by atoms with E-state index in [-0.39, 0.29) is 12.3 Å². The second kappa shape index (κ2) is 11.1. The summed E-state index contributed by atoms with van der Waals surface area (Å²) in [5, 5.41) is 5.20. The average molecular weight is 453 g/mol. The van der Waals surface area contributed by atoms with Crippen LogP contribution in [0.4, 0.5) is 16.2 Å². The molecule has 3 rings (SSSR count). The molecule has 174 valence electrons. The van der Waals surface area contributed by atoms with Crippen molar-refractivity contribution in [2.75, 3.05) is 31.0 Å². The van der Waals surface area contributed by atoms with Crippen LogP contribution in [0.1, 0.15) is 35.2 Å². The highest BCUT2D eigenvalue weighted by Gasteiger charge is 2.24. The van der Waals surface area contributed by atoms with E-state index in [2.05, 4.69) is 15.4 Å². The van der Waals surface area contributed by atoms with Crippen molar-refractivity contribution in [1.82, 2.24) is 5.32 Å². The highest BCUT2D eigenvalue weighted by molar-refractivity contribution is 5.97. The summed E-state index contributed by atoms with van der Waals surface area (Å²) in [6.07, 6.45) is 2.06. The van der Waals surface area contributed by atoms with Crippen LogP contribution >= 0.6 is 0 Å². The summed E-state index contributed by atoms with van der Waals surface area (Å²) in [7, 11) is 2.52. The third kappa shape index (κ3) is 6.31. The number of amides is 3.